The molecule has 2 aromatic rings. The maximum absolute atomic E-state index is 13.1. The minimum atomic E-state index is -0.877. The van der Waals surface area contributed by atoms with Gasteiger partial charge in [0.25, 0.3) is 5.91 Å². The topological polar surface area (TPSA) is 92.5 Å². The highest BCUT2D eigenvalue weighted by atomic mass is 16.4. The predicted molar refractivity (Wildman–Crippen MR) is 117 cm³/mol. The molecule has 1 N–H and O–H groups in total. The number of hydrogen-bond acceptors (Lipinski definition) is 4. The van der Waals surface area contributed by atoms with E-state index in [1.54, 1.807) is 22.0 Å². The first-order valence-corrected chi connectivity index (χ1v) is 11.3. The number of carboxylic acid groups (broad SMARTS) is 1. The van der Waals surface area contributed by atoms with Crippen LogP contribution in [0.2, 0.25) is 0 Å². The van der Waals surface area contributed by atoms with Crippen molar-refractivity contribution in [1.82, 2.24) is 14.7 Å². The van der Waals surface area contributed by atoms with Crippen LogP contribution in [0.1, 0.15) is 49.0 Å². The number of rotatable bonds is 6. The van der Waals surface area contributed by atoms with E-state index < -0.39 is 17.3 Å². The molecule has 1 amide bonds. The van der Waals surface area contributed by atoms with Crippen LogP contribution in [-0.2, 0) is 16.1 Å². The van der Waals surface area contributed by atoms with Gasteiger partial charge in [-0.3, -0.25) is 19.1 Å². The number of carbonyl (C=O) groups excluding carboxylic acids is 2. The molecule has 168 valence electrons. The van der Waals surface area contributed by atoms with E-state index in [0.717, 1.165) is 12.0 Å². The second-order valence-electron chi connectivity index (χ2n) is 10.6. The van der Waals surface area contributed by atoms with Gasteiger partial charge in [0.2, 0.25) is 0 Å². The van der Waals surface area contributed by atoms with E-state index in [9.17, 15) is 19.5 Å². The molecule has 0 unspecified atom stereocenters. The number of carboxylic acids is 1. The molecule has 3 fully saturated rings. The van der Waals surface area contributed by atoms with Crippen molar-refractivity contribution in [3.05, 3.63) is 53.9 Å². The second-order valence-corrected chi connectivity index (χ2v) is 10.6. The molecule has 3 aliphatic rings. The van der Waals surface area contributed by atoms with Crippen molar-refractivity contribution in [3.63, 3.8) is 0 Å². The lowest BCUT2D eigenvalue weighted by Gasteiger charge is -2.46. The van der Waals surface area contributed by atoms with Gasteiger partial charge in [0.05, 0.1) is 24.2 Å². The summed E-state index contributed by atoms with van der Waals surface area (Å²) in [4.78, 5) is 39.6. The highest BCUT2D eigenvalue weighted by Gasteiger charge is 2.62. The molecule has 2 aliphatic carbocycles. The molecule has 2 atom stereocenters. The highest BCUT2D eigenvalue weighted by Crippen LogP contribution is 2.60. The minimum Gasteiger partial charge on any atom is -0.481 e. The van der Waals surface area contributed by atoms with Crippen LogP contribution in [-0.4, -0.2) is 50.5 Å². The summed E-state index contributed by atoms with van der Waals surface area (Å²) in [6, 6.07) is 9.88. The Labute approximate surface area is 187 Å². The average Bonchev–Trinajstić information content (AvgIpc) is 3.10. The number of aliphatic carboxylic acids is 1. The summed E-state index contributed by atoms with van der Waals surface area (Å²) in [5.74, 6) is -1.35. The number of likely N-dealkylation sites (tertiary alicyclic amines) is 1. The van der Waals surface area contributed by atoms with Gasteiger partial charge in [0, 0.05) is 36.5 Å². The fraction of sp³-hybridized carbons (Fsp3) is 0.520. The first-order valence-electron chi connectivity index (χ1n) is 11.3. The van der Waals surface area contributed by atoms with Crippen molar-refractivity contribution >= 4 is 17.7 Å². The summed E-state index contributed by atoms with van der Waals surface area (Å²) in [6.45, 7) is 5.37. The van der Waals surface area contributed by atoms with E-state index in [1.165, 1.54) is 0 Å². The number of Topliss-reactive ketones (excluding diaryl/α,β-unsaturated/α-hetero) is 1. The van der Waals surface area contributed by atoms with Crippen LogP contribution >= 0.6 is 0 Å². The maximum Gasteiger partial charge on any atom is 0.308 e. The lowest BCUT2D eigenvalue weighted by molar-refractivity contribution is -0.151. The van der Waals surface area contributed by atoms with Gasteiger partial charge in [0.1, 0.15) is 5.78 Å². The molecule has 1 aromatic heterocycles. The fourth-order valence-electron chi connectivity index (χ4n) is 5.75. The van der Waals surface area contributed by atoms with Crippen LogP contribution in [0.4, 0.5) is 0 Å². The fourth-order valence-corrected chi connectivity index (χ4v) is 5.75. The number of aromatic nitrogens is 2. The lowest BCUT2D eigenvalue weighted by atomic mass is 9.55. The van der Waals surface area contributed by atoms with Gasteiger partial charge in [-0.25, -0.2) is 0 Å². The third-order valence-corrected chi connectivity index (χ3v) is 7.87. The van der Waals surface area contributed by atoms with E-state index >= 15 is 0 Å². The quantitative estimate of drug-likeness (QED) is 0.753. The van der Waals surface area contributed by atoms with E-state index in [2.05, 4.69) is 18.9 Å². The Morgan fingerprint density at radius 3 is 2.41 bits per heavy atom. The third kappa shape index (κ3) is 3.53. The zero-order valence-corrected chi connectivity index (χ0v) is 18.5. The van der Waals surface area contributed by atoms with Gasteiger partial charge in [-0.1, -0.05) is 44.2 Å². The highest BCUT2D eigenvalue weighted by molar-refractivity contribution is 5.95. The van der Waals surface area contributed by atoms with E-state index in [0.29, 0.717) is 31.5 Å². The smallest absolute Gasteiger partial charge is 0.308 e. The molecule has 32 heavy (non-hydrogen) atoms. The monoisotopic (exact) mass is 435 g/mol. The van der Waals surface area contributed by atoms with Crippen LogP contribution in [0.25, 0.3) is 0 Å². The maximum atomic E-state index is 13.1. The number of amides is 1. The van der Waals surface area contributed by atoms with Gasteiger partial charge in [0.15, 0.2) is 0 Å². The van der Waals surface area contributed by atoms with Crippen molar-refractivity contribution in [3.8, 4) is 0 Å². The Bertz CT molecular complexity index is 1070. The van der Waals surface area contributed by atoms with Crippen molar-refractivity contribution in [1.29, 1.82) is 0 Å². The molecule has 2 saturated carbocycles. The summed E-state index contributed by atoms with van der Waals surface area (Å²) in [6.07, 6.45) is 5.35. The third-order valence-electron chi connectivity index (χ3n) is 7.87. The van der Waals surface area contributed by atoms with Gasteiger partial charge >= 0.3 is 5.97 Å². The summed E-state index contributed by atoms with van der Waals surface area (Å²) in [7, 11) is 0. The number of hydrogen-bond donors (Lipinski definition) is 1. The van der Waals surface area contributed by atoms with Crippen molar-refractivity contribution < 1.29 is 19.5 Å². The van der Waals surface area contributed by atoms with Crippen LogP contribution in [0, 0.1) is 28.6 Å². The van der Waals surface area contributed by atoms with Crippen LogP contribution in [0.3, 0.4) is 0 Å². The Morgan fingerprint density at radius 2 is 1.78 bits per heavy atom. The van der Waals surface area contributed by atoms with Crippen molar-refractivity contribution in [2.24, 2.45) is 28.6 Å². The van der Waals surface area contributed by atoms with Crippen molar-refractivity contribution in [2.45, 2.75) is 39.7 Å². The van der Waals surface area contributed by atoms with Gasteiger partial charge in [-0.05, 0) is 30.2 Å². The number of benzene rings is 1. The minimum absolute atomic E-state index is 0.0627. The van der Waals surface area contributed by atoms with Gasteiger partial charge < -0.3 is 10.0 Å². The molecule has 1 aliphatic heterocycles. The molecule has 5 rings (SSSR count). The molecule has 7 heteroatoms. The molecule has 1 aromatic carbocycles. The molecule has 2 heterocycles. The Kier molecular flexibility index (Phi) is 4.76. The first kappa shape index (κ1) is 20.9. The second kappa shape index (κ2) is 7.29. The molecule has 0 bridgehead atoms. The van der Waals surface area contributed by atoms with Crippen LogP contribution in [0.15, 0.2) is 42.7 Å². The molecule has 0 radical (unpaired) electrons. The summed E-state index contributed by atoms with van der Waals surface area (Å²) in [5, 5.41) is 14.2. The van der Waals surface area contributed by atoms with Crippen LogP contribution in [0.5, 0.6) is 0 Å². The Morgan fingerprint density at radius 1 is 1.09 bits per heavy atom. The zero-order valence-electron chi connectivity index (χ0n) is 18.5. The zero-order chi connectivity index (χ0) is 22.7. The molecular formula is C25H29N3O4. The summed E-state index contributed by atoms with van der Waals surface area (Å²) >= 11 is 0. The van der Waals surface area contributed by atoms with E-state index in [1.807, 2.05) is 30.3 Å². The largest absolute Gasteiger partial charge is 0.481 e. The van der Waals surface area contributed by atoms with E-state index in [4.69, 9.17) is 0 Å². The molecule has 1 spiro atoms. The standard InChI is InChI=1S/C25H29N3O4/c1-24(2)10-19(24)21(29)17-8-25(9-17)15-27(14-20(25)23(31)32)22(30)18-11-26-28(13-18)12-16-6-4-3-5-7-16/h3-7,11,13,17,19-20H,8-10,12,14-15H2,1-2H3,(H,31,32)/t17?,19-,20+,25?/m1/s1. The average molecular weight is 436 g/mol. The summed E-state index contributed by atoms with van der Waals surface area (Å²) in [5.41, 5.74) is 1.16. The predicted octanol–water partition coefficient (Wildman–Crippen LogP) is 3.10. The molecule has 7 nitrogen and oxygen atoms in total. The van der Waals surface area contributed by atoms with Gasteiger partial charge in [-0.15, -0.1) is 0 Å². The lowest BCUT2D eigenvalue weighted by Crippen LogP contribution is -2.49. The van der Waals surface area contributed by atoms with Gasteiger partial charge in [-0.2, -0.15) is 5.10 Å². The number of carbonyl (C=O) groups is 3. The molecule has 1 saturated heterocycles. The Hall–Kier alpha value is -2.96. The molecular weight excluding hydrogens is 406 g/mol. The Balaban J connectivity index is 1.26. The SMILES string of the molecule is CC1(C)C[C@@H]1C(=O)C1CC2(C1)CN(C(=O)c1cnn(Cc3ccccc3)c1)C[C@H]2C(=O)O. The van der Waals surface area contributed by atoms with Crippen molar-refractivity contribution in [2.75, 3.05) is 13.1 Å². The van der Waals surface area contributed by atoms with Crippen LogP contribution < -0.4 is 0 Å². The number of nitrogens with zero attached hydrogens (tertiary/aromatic N) is 3. The van der Waals surface area contributed by atoms with E-state index in [-0.39, 0.29) is 35.5 Å². The summed E-state index contributed by atoms with van der Waals surface area (Å²) < 4.78 is 1.72. The number of ketones is 1. The normalized spacial score (nSPS) is 30.2. The first-order chi connectivity index (χ1) is 15.2.